The van der Waals surface area contributed by atoms with E-state index in [-0.39, 0.29) is 6.04 Å². The SMILES string of the molecule is O=C(O)c1cc(S(=O)(=O)NC2CCCC2)cc(F)c1Cl. The van der Waals surface area contributed by atoms with E-state index in [2.05, 4.69) is 4.72 Å². The Morgan fingerprint density at radius 1 is 1.35 bits per heavy atom. The maximum Gasteiger partial charge on any atom is 0.337 e. The van der Waals surface area contributed by atoms with Gasteiger partial charge in [0.05, 0.1) is 15.5 Å². The topological polar surface area (TPSA) is 83.5 Å². The third kappa shape index (κ3) is 3.11. The van der Waals surface area contributed by atoms with Gasteiger partial charge in [0.2, 0.25) is 10.0 Å². The summed E-state index contributed by atoms with van der Waals surface area (Å²) in [6, 6.07) is 1.41. The second-order valence-electron chi connectivity index (χ2n) is 4.67. The van der Waals surface area contributed by atoms with Crippen LogP contribution in [-0.2, 0) is 10.0 Å². The van der Waals surface area contributed by atoms with Crippen molar-refractivity contribution in [3.63, 3.8) is 0 Å². The van der Waals surface area contributed by atoms with Crippen molar-refractivity contribution >= 4 is 27.6 Å². The maximum atomic E-state index is 13.6. The van der Waals surface area contributed by atoms with Crippen LogP contribution in [0, 0.1) is 5.82 Å². The fraction of sp³-hybridized carbons (Fsp3) is 0.417. The van der Waals surface area contributed by atoms with Crippen molar-refractivity contribution in [1.29, 1.82) is 0 Å². The molecule has 1 aromatic rings. The standard InChI is InChI=1S/C12H13ClFNO4S/c13-11-9(12(16)17)5-8(6-10(11)14)20(18,19)15-7-3-1-2-4-7/h5-7,15H,1-4H2,(H,16,17). The highest BCUT2D eigenvalue weighted by Gasteiger charge is 2.25. The molecule has 8 heteroatoms. The predicted octanol–water partition coefficient (Wildman–Crippen LogP) is 2.40. The Kier molecular flexibility index (Phi) is 4.31. The van der Waals surface area contributed by atoms with E-state index in [4.69, 9.17) is 16.7 Å². The van der Waals surface area contributed by atoms with E-state index in [0.29, 0.717) is 0 Å². The molecule has 1 aliphatic carbocycles. The smallest absolute Gasteiger partial charge is 0.337 e. The molecule has 1 fully saturated rings. The zero-order chi connectivity index (χ0) is 14.9. The highest BCUT2D eigenvalue weighted by molar-refractivity contribution is 7.89. The van der Waals surface area contributed by atoms with E-state index in [0.717, 1.165) is 37.8 Å². The number of carbonyl (C=O) groups is 1. The predicted molar refractivity (Wildman–Crippen MR) is 70.9 cm³/mol. The lowest BCUT2D eigenvalue weighted by molar-refractivity contribution is 0.0696. The molecule has 0 radical (unpaired) electrons. The molecule has 1 saturated carbocycles. The summed E-state index contributed by atoms with van der Waals surface area (Å²) < 4.78 is 40.2. The molecule has 0 bridgehead atoms. The Bertz CT molecular complexity index is 641. The van der Waals surface area contributed by atoms with Gasteiger partial charge in [0.15, 0.2) is 0 Å². The first kappa shape index (κ1) is 15.2. The summed E-state index contributed by atoms with van der Waals surface area (Å²) in [4.78, 5) is 10.5. The number of halogens is 2. The van der Waals surface area contributed by atoms with Gasteiger partial charge in [-0.15, -0.1) is 0 Å². The van der Waals surface area contributed by atoms with Crippen LogP contribution in [0.25, 0.3) is 0 Å². The Morgan fingerprint density at radius 2 is 1.95 bits per heavy atom. The fourth-order valence-electron chi connectivity index (χ4n) is 2.21. The molecular weight excluding hydrogens is 309 g/mol. The van der Waals surface area contributed by atoms with E-state index >= 15 is 0 Å². The third-order valence-corrected chi connectivity index (χ3v) is 5.10. The van der Waals surface area contributed by atoms with Gasteiger partial charge in [-0.25, -0.2) is 22.3 Å². The van der Waals surface area contributed by atoms with E-state index in [1.165, 1.54) is 0 Å². The molecule has 0 aliphatic heterocycles. The largest absolute Gasteiger partial charge is 0.478 e. The van der Waals surface area contributed by atoms with Crippen molar-refractivity contribution in [2.24, 2.45) is 0 Å². The lowest BCUT2D eigenvalue weighted by Crippen LogP contribution is -2.32. The van der Waals surface area contributed by atoms with Crippen LogP contribution >= 0.6 is 11.6 Å². The van der Waals surface area contributed by atoms with Gasteiger partial charge >= 0.3 is 5.97 Å². The number of carboxylic acid groups (broad SMARTS) is 1. The number of sulfonamides is 1. The number of benzene rings is 1. The summed E-state index contributed by atoms with van der Waals surface area (Å²) in [5, 5.41) is 8.30. The number of aromatic carboxylic acids is 1. The zero-order valence-electron chi connectivity index (χ0n) is 10.4. The Hall–Kier alpha value is -1.18. The third-order valence-electron chi connectivity index (χ3n) is 3.22. The molecule has 0 saturated heterocycles. The molecule has 0 unspecified atom stereocenters. The first-order chi connectivity index (χ1) is 9.31. The summed E-state index contributed by atoms with van der Waals surface area (Å²) in [6.07, 6.45) is 3.31. The summed E-state index contributed by atoms with van der Waals surface area (Å²) in [5.74, 6) is -2.55. The minimum Gasteiger partial charge on any atom is -0.478 e. The van der Waals surface area contributed by atoms with Crippen molar-refractivity contribution in [1.82, 2.24) is 4.72 Å². The van der Waals surface area contributed by atoms with Crippen LogP contribution in [0.5, 0.6) is 0 Å². The molecule has 110 valence electrons. The Labute approximate surface area is 120 Å². The molecule has 0 heterocycles. The molecule has 20 heavy (non-hydrogen) atoms. The summed E-state index contributed by atoms with van der Waals surface area (Å²) in [6.45, 7) is 0. The van der Waals surface area contributed by atoms with Gasteiger partial charge in [-0.3, -0.25) is 0 Å². The summed E-state index contributed by atoms with van der Waals surface area (Å²) >= 11 is 5.51. The van der Waals surface area contributed by atoms with Crippen LogP contribution in [0.4, 0.5) is 4.39 Å². The zero-order valence-corrected chi connectivity index (χ0v) is 12.0. The molecule has 5 nitrogen and oxygen atoms in total. The van der Waals surface area contributed by atoms with E-state index < -0.39 is 37.3 Å². The Morgan fingerprint density at radius 3 is 2.50 bits per heavy atom. The van der Waals surface area contributed by atoms with Gasteiger partial charge in [0, 0.05) is 6.04 Å². The Balaban J connectivity index is 2.38. The summed E-state index contributed by atoms with van der Waals surface area (Å²) in [5.41, 5.74) is -0.571. The van der Waals surface area contributed by atoms with Gasteiger partial charge in [-0.2, -0.15) is 0 Å². The van der Waals surface area contributed by atoms with Gasteiger partial charge < -0.3 is 5.11 Å². The molecule has 1 aliphatic rings. The van der Waals surface area contributed by atoms with Crippen LogP contribution in [-0.4, -0.2) is 25.5 Å². The van der Waals surface area contributed by atoms with E-state index in [9.17, 15) is 17.6 Å². The van der Waals surface area contributed by atoms with Crippen molar-refractivity contribution in [2.75, 3.05) is 0 Å². The van der Waals surface area contributed by atoms with Crippen molar-refractivity contribution < 1.29 is 22.7 Å². The number of rotatable bonds is 4. The number of nitrogens with one attached hydrogen (secondary N) is 1. The first-order valence-electron chi connectivity index (χ1n) is 6.06. The van der Waals surface area contributed by atoms with Crippen LogP contribution < -0.4 is 4.72 Å². The highest BCUT2D eigenvalue weighted by atomic mass is 35.5. The molecule has 0 aromatic heterocycles. The van der Waals surface area contributed by atoms with E-state index in [1.807, 2.05) is 0 Å². The van der Waals surface area contributed by atoms with Crippen molar-refractivity contribution in [3.8, 4) is 0 Å². The van der Waals surface area contributed by atoms with Gasteiger partial charge in [-0.05, 0) is 25.0 Å². The van der Waals surface area contributed by atoms with Crippen LogP contribution in [0.15, 0.2) is 17.0 Å². The minimum absolute atomic E-state index is 0.188. The first-order valence-corrected chi connectivity index (χ1v) is 7.92. The van der Waals surface area contributed by atoms with Crippen LogP contribution in [0.1, 0.15) is 36.0 Å². The lowest BCUT2D eigenvalue weighted by Gasteiger charge is -2.13. The monoisotopic (exact) mass is 321 g/mol. The lowest BCUT2D eigenvalue weighted by atomic mass is 10.2. The average molecular weight is 322 g/mol. The number of hydrogen-bond donors (Lipinski definition) is 2. The molecule has 0 amide bonds. The van der Waals surface area contributed by atoms with Gasteiger partial charge in [0.25, 0.3) is 0 Å². The molecule has 2 rings (SSSR count). The van der Waals surface area contributed by atoms with E-state index in [1.54, 1.807) is 0 Å². The van der Waals surface area contributed by atoms with Crippen LogP contribution in [0.2, 0.25) is 5.02 Å². The molecule has 0 atom stereocenters. The molecule has 0 spiro atoms. The quantitative estimate of drug-likeness (QED) is 0.892. The van der Waals surface area contributed by atoms with Crippen molar-refractivity contribution in [2.45, 2.75) is 36.6 Å². The number of hydrogen-bond acceptors (Lipinski definition) is 3. The fourth-order valence-corrected chi connectivity index (χ4v) is 3.74. The summed E-state index contributed by atoms with van der Waals surface area (Å²) in [7, 11) is -3.95. The minimum atomic E-state index is -3.95. The number of carboxylic acids is 1. The molecular formula is C12H13ClFNO4S. The molecule has 2 N–H and O–H groups in total. The van der Waals surface area contributed by atoms with Gasteiger partial charge in [-0.1, -0.05) is 24.4 Å². The van der Waals surface area contributed by atoms with Crippen LogP contribution in [0.3, 0.4) is 0 Å². The second-order valence-corrected chi connectivity index (χ2v) is 6.77. The van der Waals surface area contributed by atoms with Crippen molar-refractivity contribution in [3.05, 3.63) is 28.5 Å². The molecule has 1 aromatic carbocycles. The normalized spacial score (nSPS) is 16.5. The maximum absolute atomic E-state index is 13.6. The van der Waals surface area contributed by atoms with Gasteiger partial charge in [0.1, 0.15) is 5.82 Å². The average Bonchev–Trinajstić information content (AvgIpc) is 2.83. The second kappa shape index (κ2) is 5.67. The highest BCUT2D eigenvalue weighted by Crippen LogP contribution is 2.26.